The summed E-state index contributed by atoms with van der Waals surface area (Å²) in [7, 11) is 1.55. The van der Waals surface area contributed by atoms with Gasteiger partial charge in [-0.2, -0.15) is 0 Å². The number of hydrogen-bond acceptors (Lipinski definition) is 7. The largest absolute Gasteiger partial charge is 0.497 e. The molecule has 3 aliphatic heterocycles. The summed E-state index contributed by atoms with van der Waals surface area (Å²) in [5.41, 5.74) is -0.0339. The highest BCUT2D eigenvalue weighted by Gasteiger charge is 2.70. The van der Waals surface area contributed by atoms with Gasteiger partial charge in [0, 0.05) is 19.2 Å². The minimum Gasteiger partial charge on any atom is -0.497 e. The van der Waals surface area contributed by atoms with Gasteiger partial charge in [0.15, 0.2) is 0 Å². The van der Waals surface area contributed by atoms with Crippen LogP contribution in [0.4, 0.5) is 5.69 Å². The second kappa shape index (κ2) is 10.2. The van der Waals surface area contributed by atoms with Crippen LogP contribution in [0, 0.1) is 5.92 Å². The minimum atomic E-state index is -1.45. The lowest BCUT2D eigenvalue weighted by atomic mass is 9.82. The van der Waals surface area contributed by atoms with E-state index in [0.717, 1.165) is 5.56 Å². The van der Waals surface area contributed by atoms with Crippen LogP contribution in [0.25, 0.3) is 0 Å². The second-order valence-electron chi connectivity index (χ2n) is 9.06. The molecule has 5 atom stereocenters. The van der Waals surface area contributed by atoms with E-state index >= 15 is 0 Å². The number of carbonyl (C=O) groups is 3. The topological polar surface area (TPSA) is 103 Å². The molecule has 0 unspecified atom stereocenters. The molecule has 0 spiro atoms. The first-order chi connectivity index (χ1) is 17.9. The van der Waals surface area contributed by atoms with Gasteiger partial charge in [0.2, 0.25) is 11.8 Å². The van der Waals surface area contributed by atoms with E-state index in [1.54, 1.807) is 31.4 Å². The number of methoxy groups -OCH3 is 1. The molecule has 2 amide bonds. The zero-order valence-corrected chi connectivity index (χ0v) is 20.5. The lowest BCUT2D eigenvalue weighted by molar-refractivity contribution is -0.135. The van der Waals surface area contributed by atoms with Crippen LogP contribution in [-0.2, 0) is 35.1 Å². The highest BCUT2D eigenvalue weighted by Crippen LogP contribution is 2.51. The number of rotatable bonds is 7. The Hall–Kier alpha value is -3.95. The molecule has 9 nitrogen and oxygen atoms in total. The van der Waals surface area contributed by atoms with Gasteiger partial charge in [0.05, 0.1) is 20.0 Å². The van der Waals surface area contributed by atoms with Crippen molar-refractivity contribution in [2.24, 2.45) is 5.92 Å². The first-order valence-corrected chi connectivity index (χ1v) is 12.0. The van der Waals surface area contributed by atoms with Gasteiger partial charge in [0.1, 0.15) is 35.5 Å². The van der Waals surface area contributed by atoms with Gasteiger partial charge in [0.25, 0.3) is 0 Å². The molecule has 9 heteroatoms. The molecule has 5 rings (SSSR count). The lowest BCUT2D eigenvalue weighted by Crippen LogP contribution is -2.55. The molecule has 3 heterocycles. The average molecular weight is 505 g/mol. The van der Waals surface area contributed by atoms with Gasteiger partial charge < -0.3 is 24.3 Å². The SMILES string of the molecule is COc1ccc(N2C(=O)[C@H]3[C@@H]4OCC=C[C@@H]4O[C@@]3(/C=C/OC(C)=O)[C@@H]2C(=O)NCc2ccccc2)cc1. The van der Waals surface area contributed by atoms with Gasteiger partial charge in [-0.25, -0.2) is 0 Å². The van der Waals surface area contributed by atoms with Crippen molar-refractivity contribution >= 4 is 23.5 Å². The lowest BCUT2D eigenvalue weighted by Gasteiger charge is -2.34. The van der Waals surface area contributed by atoms with Crippen molar-refractivity contribution in [2.75, 3.05) is 18.6 Å². The summed E-state index contributed by atoms with van der Waals surface area (Å²) < 4.78 is 22.8. The molecule has 2 saturated heterocycles. The van der Waals surface area contributed by atoms with Crippen LogP contribution in [0.3, 0.4) is 0 Å². The molecule has 2 aromatic rings. The van der Waals surface area contributed by atoms with E-state index in [9.17, 15) is 14.4 Å². The number of fused-ring (bicyclic) bond motifs is 3. The Morgan fingerprint density at radius 1 is 1.16 bits per heavy atom. The average Bonchev–Trinajstić information content (AvgIpc) is 3.37. The molecule has 0 aliphatic carbocycles. The highest BCUT2D eigenvalue weighted by molar-refractivity contribution is 6.08. The number of nitrogens with zero attached hydrogens (tertiary/aromatic N) is 1. The summed E-state index contributed by atoms with van der Waals surface area (Å²) in [5, 5.41) is 2.96. The Morgan fingerprint density at radius 3 is 2.62 bits per heavy atom. The van der Waals surface area contributed by atoms with Crippen LogP contribution in [0.2, 0.25) is 0 Å². The maximum Gasteiger partial charge on any atom is 0.307 e. The standard InChI is InChI=1S/C28H28N2O7/c1-18(31)35-16-14-28-23(24-22(37-28)9-6-15-36-24)27(33)30(20-10-12-21(34-2)13-11-20)25(28)26(32)29-17-19-7-4-3-5-8-19/h3-14,16,22-25H,15,17H2,1-2H3,(H,29,32)/b16-14+/t22-,23+,24+,25-,28+/m0/s1. The molecule has 2 aromatic carbocycles. The van der Waals surface area contributed by atoms with Crippen molar-refractivity contribution < 1.29 is 33.3 Å². The molecule has 2 fully saturated rings. The molecule has 1 N–H and O–H groups in total. The summed E-state index contributed by atoms with van der Waals surface area (Å²) in [6, 6.07) is 15.3. The molecule has 37 heavy (non-hydrogen) atoms. The van der Waals surface area contributed by atoms with Crippen LogP contribution >= 0.6 is 0 Å². The minimum absolute atomic E-state index is 0.262. The molecular formula is C28H28N2O7. The van der Waals surface area contributed by atoms with Crippen LogP contribution in [-0.4, -0.2) is 55.4 Å². The molecule has 192 valence electrons. The monoisotopic (exact) mass is 504 g/mol. The number of ether oxygens (including phenoxy) is 4. The van der Waals surface area contributed by atoms with E-state index in [1.165, 1.54) is 24.2 Å². The highest BCUT2D eigenvalue weighted by atomic mass is 16.6. The fourth-order valence-corrected chi connectivity index (χ4v) is 5.26. The predicted octanol–water partition coefficient (Wildman–Crippen LogP) is 2.51. The maximum absolute atomic E-state index is 14.1. The fourth-order valence-electron chi connectivity index (χ4n) is 5.26. The second-order valence-corrected chi connectivity index (χ2v) is 9.06. The van der Waals surface area contributed by atoms with Crippen LogP contribution in [0.1, 0.15) is 12.5 Å². The number of esters is 1. The Labute approximate surface area is 214 Å². The molecule has 0 bridgehead atoms. The number of amides is 2. The van der Waals surface area contributed by atoms with Gasteiger partial charge >= 0.3 is 5.97 Å². The summed E-state index contributed by atoms with van der Waals surface area (Å²) in [4.78, 5) is 41.0. The maximum atomic E-state index is 14.1. The number of nitrogens with one attached hydrogen (secondary N) is 1. The smallest absolute Gasteiger partial charge is 0.307 e. The number of anilines is 1. The van der Waals surface area contributed by atoms with Crippen molar-refractivity contribution in [2.45, 2.75) is 37.3 Å². The predicted molar refractivity (Wildman–Crippen MR) is 133 cm³/mol. The summed E-state index contributed by atoms with van der Waals surface area (Å²) in [5.74, 6) is -1.49. The molecule has 0 aromatic heterocycles. The third-order valence-corrected chi connectivity index (χ3v) is 6.85. The summed E-state index contributed by atoms with van der Waals surface area (Å²) in [6.45, 7) is 1.86. The Balaban J connectivity index is 1.58. The van der Waals surface area contributed by atoms with Crippen molar-refractivity contribution in [1.29, 1.82) is 0 Å². The summed E-state index contributed by atoms with van der Waals surface area (Å²) in [6.07, 6.45) is 5.22. The molecule has 3 aliphatic rings. The van der Waals surface area contributed by atoms with Crippen LogP contribution in [0.5, 0.6) is 5.75 Å². The number of carbonyl (C=O) groups excluding carboxylic acids is 3. The van der Waals surface area contributed by atoms with Crippen molar-refractivity contribution in [3.05, 3.63) is 84.7 Å². The first-order valence-electron chi connectivity index (χ1n) is 12.0. The molecular weight excluding hydrogens is 476 g/mol. The Kier molecular flexibility index (Phi) is 6.82. The normalized spacial score (nSPS) is 28.2. The van der Waals surface area contributed by atoms with Crippen molar-refractivity contribution in [1.82, 2.24) is 5.32 Å². The van der Waals surface area contributed by atoms with Crippen molar-refractivity contribution in [3.63, 3.8) is 0 Å². The quantitative estimate of drug-likeness (QED) is 0.351. The van der Waals surface area contributed by atoms with Crippen LogP contribution < -0.4 is 15.0 Å². The zero-order valence-electron chi connectivity index (χ0n) is 20.5. The van der Waals surface area contributed by atoms with E-state index < -0.39 is 41.6 Å². The number of benzene rings is 2. The third kappa shape index (κ3) is 4.52. The van der Waals surface area contributed by atoms with Gasteiger partial charge in [-0.3, -0.25) is 19.3 Å². The van der Waals surface area contributed by atoms with Gasteiger partial charge in [-0.05, 0) is 35.9 Å². The first kappa shape index (κ1) is 24.7. The van der Waals surface area contributed by atoms with Gasteiger partial charge in [-0.15, -0.1) is 0 Å². The van der Waals surface area contributed by atoms with E-state index in [2.05, 4.69) is 5.32 Å². The van der Waals surface area contributed by atoms with E-state index in [0.29, 0.717) is 18.0 Å². The van der Waals surface area contributed by atoms with Crippen LogP contribution in [0.15, 0.2) is 79.1 Å². The fraction of sp³-hybridized carbons (Fsp3) is 0.321. The number of hydrogen-bond donors (Lipinski definition) is 1. The third-order valence-electron chi connectivity index (χ3n) is 6.85. The molecule has 0 radical (unpaired) electrons. The Bertz CT molecular complexity index is 1230. The van der Waals surface area contributed by atoms with E-state index in [4.69, 9.17) is 18.9 Å². The Morgan fingerprint density at radius 2 is 1.92 bits per heavy atom. The zero-order chi connectivity index (χ0) is 26.0. The van der Waals surface area contributed by atoms with Gasteiger partial charge in [-0.1, -0.05) is 42.5 Å². The summed E-state index contributed by atoms with van der Waals surface area (Å²) >= 11 is 0. The van der Waals surface area contributed by atoms with E-state index in [1.807, 2.05) is 42.5 Å². The van der Waals surface area contributed by atoms with E-state index in [-0.39, 0.29) is 12.5 Å². The molecule has 0 saturated carbocycles. The van der Waals surface area contributed by atoms with Crippen molar-refractivity contribution in [3.8, 4) is 5.75 Å².